The molecule has 3 N–H and O–H groups in total. The average molecular weight is 748 g/mol. The lowest BCUT2D eigenvalue weighted by atomic mass is 10.0. The Morgan fingerprint density at radius 2 is 0.941 bits per heavy atom. The van der Waals surface area contributed by atoms with Crippen LogP contribution in [0.1, 0.15) is 213 Å². The first-order valence-electron chi connectivity index (χ1n) is 21.9. The summed E-state index contributed by atoms with van der Waals surface area (Å²) in [6.07, 6.45) is 37.8. The maximum Gasteiger partial charge on any atom is 0.472 e. The van der Waals surface area contributed by atoms with Crippen LogP contribution >= 0.6 is 7.82 Å². The Labute approximate surface area is 317 Å². The van der Waals surface area contributed by atoms with Crippen LogP contribution in [0.2, 0.25) is 0 Å². The number of aliphatic hydroxyl groups excluding tert-OH is 1. The first kappa shape index (κ1) is 50.5. The molecule has 0 aromatic carbocycles. The molecule has 51 heavy (non-hydrogen) atoms. The molecule has 0 rings (SSSR count). The number of unbranched alkanes of at least 4 members (excludes halogenated alkanes) is 27. The number of nitrogens with one attached hydrogen (secondary N) is 1. The molecule has 3 atom stereocenters. The molecule has 0 heterocycles. The van der Waals surface area contributed by atoms with Crippen LogP contribution in [-0.4, -0.2) is 73.4 Å². The normalized spacial score (nSPS) is 14.4. The van der Waals surface area contributed by atoms with E-state index in [9.17, 15) is 19.4 Å². The van der Waals surface area contributed by atoms with Gasteiger partial charge in [-0.2, -0.15) is 0 Å². The molecule has 0 aliphatic carbocycles. The van der Waals surface area contributed by atoms with Crippen LogP contribution in [0.15, 0.2) is 0 Å². The Hall–Kier alpha value is -0.500. The number of amides is 1. The van der Waals surface area contributed by atoms with Crippen LogP contribution < -0.4 is 5.32 Å². The molecular formula is C42H88N2O6P+. The van der Waals surface area contributed by atoms with Gasteiger partial charge in [0, 0.05) is 6.42 Å². The molecule has 0 saturated carbocycles. The number of likely N-dealkylation sites (N-methyl/N-ethyl adjacent to an activating group) is 1. The lowest BCUT2D eigenvalue weighted by molar-refractivity contribution is -0.870. The van der Waals surface area contributed by atoms with Crippen LogP contribution in [0, 0.1) is 0 Å². The molecule has 0 aliphatic rings. The van der Waals surface area contributed by atoms with Crippen molar-refractivity contribution < 1.29 is 32.9 Å². The monoisotopic (exact) mass is 748 g/mol. The van der Waals surface area contributed by atoms with E-state index in [1.54, 1.807) is 0 Å². The fourth-order valence-electron chi connectivity index (χ4n) is 6.58. The smallest absolute Gasteiger partial charge is 0.391 e. The third kappa shape index (κ3) is 37.6. The molecule has 0 saturated heterocycles. The summed E-state index contributed by atoms with van der Waals surface area (Å²) in [6, 6.07) is -0.749. The minimum atomic E-state index is -4.29. The van der Waals surface area contributed by atoms with Crippen molar-refractivity contribution in [3.8, 4) is 0 Å². The van der Waals surface area contributed by atoms with Crippen LogP contribution in [0.3, 0.4) is 0 Å². The highest BCUT2D eigenvalue weighted by atomic mass is 31.2. The van der Waals surface area contributed by atoms with Crippen molar-refractivity contribution in [1.82, 2.24) is 5.32 Å². The topological polar surface area (TPSA) is 105 Å². The van der Waals surface area contributed by atoms with Gasteiger partial charge in [-0.3, -0.25) is 13.8 Å². The van der Waals surface area contributed by atoms with Crippen LogP contribution in [0.5, 0.6) is 0 Å². The number of hydrogen-bond acceptors (Lipinski definition) is 5. The predicted molar refractivity (Wildman–Crippen MR) is 217 cm³/mol. The number of phosphoric acid groups is 1. The second kappa shape index (κ2) is 35.2. The molecular weight excluding hydrogens is 659 g/mol. The van der Waals surface area contributed by atoms with Crippen molar-refractivity contribution in [1.29, 1.82) is 0 Å². The Bertz CT molecular complexity index is 809. The molecule has 3 unspecified atom stereocenters. The number of carbonyl (C=O) groups is 1. The second-order valence-electron chi connectivity index (χ2n) is 16.4. The Kier molecular flexibility index (Phi) is 34.9. The molecule has 1 amide bonds. The highest BCUT2D eigenvalue weighted by Crippen LogP contribution is 2.43. The molecule has 0 bridgehead atoms. The highest BCUT2D eigenvalue weighted by molar-refractivity contribution is 7.47. The van der Waals surface area contributed by atoms with E-state index >= 15 is 0 Å². The first-order valence-corrected chi connectivity index (χ1v) is 23.4. The third-order valence-corrected chi connectivity index (χ3v) is 11.1. The number of nitrogens with zero attached hydrogens (tertiary/aromatic N) is 1. The standard InChI is InChI=1S/C42H87N2O6P/c1-6-8-10-12-13-14-15-16-17-18-19-20-21-22-23-24-25-26-27-28-29-30-31-32-34-36-42(46)43-40(41(45)35-33-11-9-7-2)39-50-51(47,48)49-38-37-44(3,4)5/h40-41,45H,6-39H2,1-5H3,(H-,43,46,47,48)/p+1. The Morgan fingerprint density at radius 3 is 1.31 bits per heavy atom. The molecule has 306 valence electrons. The van der Waals surface area contributed by atoms with Crippen LogP contribution in [0.25, 0.3) is 0 Å². The minimum Gasteiger partial charge on any atom is -0.391 e. The summed E-state index contributed by atoms with van der Waals surface area (Å²) in [7, 11) is 1.62. The summed E-state index contributed by atoms with van der Waals surface area (Å²) >= 11 is 0. The van der Waals surface area contributed by atoms with Gasteiger partial charge < -0.3 is 19.8 Å². The quantitative estimate of drug-likeness (QED) is 0.0327. The van der Waals surface area contributed by atoms with E-state index in [4.69, 9.17) is 9.05 Å². The van der Waals surface area contributed by atoms with E-state index in [-0.39, 0.29) is 19.1 Å². The van der Waals surface area contributed by atoms with Crippen LogP contribution in [0.4, 0.5) is 0 Å². The lowest BCUT2D eigenvalue weighted by Crippen LogP contribution is -2.46. The summed E-state index contributed by atoms with van der Waals surface area (Å²) in [6.45, 7) is 4.78. The zero-order chi connectivity index (χ0) is 37.9. The lowest BCUT2D eigenvalue weighted by Gasteiger charge is -2.26. The molecule has 8 nitrogen and oxygen atoms in total. The van der Waals surface area contributed by atoms with Gasteiger partial charge in [-0.15, -0.1) is 0 Å². The summed E-state index contributed by atoms with van der Waals surface area (Å²) in [5.41, 5.74) is 0. The maximum atomic E-state index is 12.7. The summed E-state index contributed by atoms with van der Waals surface area (Å²) in [5, 5.41) is 13.7. The Morgan fingerprint density at radius 1 is 0.588 bits per heavy atom. The van der Waals surface area contributed by atoms with Crippen LogP contribution in [-0.2, 0) is 18.4 Å². The van der Waals surface area contributed by atoms with Gasteiger partial charge in [0.05, 0.1) is 39.9 Å². The molecule has 0 aliphatic heterocycles. The van der Waals surface area contributed by atoms with Gasteiger partial charge in [0.25, 0.3) is 0 Å². The van der Waals surface area contributed by atoms with Crippen molar-refractivity contribution in [3.63, 3.8) is 0 Å². The summed E-state index contributed by atoms with van der Waals surface area (Å²) in [5.74, 6) is -0.149. The predicted octanol–water partition coefficient (Wildman–Crippen LogP) is 11.8. The summed E-state index contributed by atoms with van der Waals surface area (Å²) in [4.78, 5) is 22.9. The van der Waals surface area contributed by atoms with Gasteiger partial charge in [-0.1, -0.05) is 194 Å². The number of hydrogen-bond donors (Lipinski definition) is 3. The van der Waals surface area contributed by atoms with Gasteiger partial charge in [0.1, 0.15) is 13.2 Å². The van der Waals surface area contributed by atoms with E-state index < -0.39 is 20.0 Å². The van der Waals surface area contributed by atoms with E-state index in [0.29, 0.717) is 23.9 Å². The Balaban J connectivity index is 3.86. The minimum absolute atomic E-state index is 0.0768. The van der Waals surface area contributed by atoms with E-state index in [1.165, 1.54) is 141 Å². The van der Waals surface area contributed by atoms with Crippen molar-refractivity contribution in [3.05, 3.63) is 0 Å². The van der Waals surface area contributed by atoms with Crippen molar-refractivity contribution in [2.45, 2.75) is 225 Å². The molecule has 0 spiro atoms. The van der Waals surface area contributed by atoms with Crippen molar-refractivity contribution >= 4 is 13.7 Å². The second-order valence-corrected chi connectivity index (χ2v) is 17.9. The third-order valence-electron chi connectivity index (χ3n) is 10.1. The number of phosphoric ester groups is 1. The van der Waals surface area contributed by atoms with E-state index in [1.807, 2.05) is 21.1 Å². The van der Waals surface area contributed by atoms with Crippen molar-refractivity contribution in [2.24, 2.45) is 0 Å². The number of quaternary nitrogens is 1. The zero-order valence-electron chi connectivity index (χ0n) is 34.6. The van der Waals surface area contributed by atoms with E-state index in [2.05, 4.69) is 19.2 Å². The van der Waals surface area contributed by atoms with Crippen molar-refractivity contribution in [2.75, 3.05) is 40.9 Å². The largest absolute Gasteiger partial charge is 0.472 e. The zero-order valence-corrected chi connectivity index (χ0v) is 35.5. The van der Waals surface area contributed by atoms with Gasteiger partial charge >= 0.3 is 7.82 Å². The first-order chi connectivity index (χ1) is 24.5. The highest BCUT2D eigenvalue weighted by Gasteiger charge is 2.28. The molecule has 0 aromatic heterocycles. The fraction of sp³-hybridized carbons (Fsp3) is 0.976. The fourth-order valence-corrected chi connectivity index (χ4v) is 7.31. The summed E-state index contributed by atoms with van der Waals surface area (Å²) < 4.78 is 23.3. The number of carbonyl (C=O) groups excluding carboxylic acids is 1. The number of aliphatic hydroxyl groups is 1. The van der Waals surface area contributed by atoms with Gasteiger partial charge in [0.2, 0.25) is 5.91 Å². The van der Waals surface area contributed by atoms with E-state index in [0.717, 1.165) is 44.9 Å². The van der Waals surface area contributed by atoms with Gasteiger partial charge in [-0.25, -0.2) is 4.57 Å². The maximum absolute atomic E-state index is 12.7. The average Bonchev–Trinajstić information content (AvgIpc) is 3.07. The SMILES string of the molecule is CCCCCCCCCCCCCCCCCCCCCCCCCCCC(=O)NC(COP(=O)(O)OCC[N+](C)(C)C)C(O)CCCCCC. The van der Waals surface area contributed by atoms with Gasteiger partial charge in [0.15, 0.2) is 0 Å². The number of rotatable bonds is 40. The molecule has 0 fully saturated rings. The molecule has 0 radical (unpaired) electrons. The molecule has 9 heteroatoms. The van der Waals surface area contributed by atoms with Gasteiger partial charge in [-0.05, 0) is 12.8 Å². The molecule has 0 aromatic rings.